The van der Waals surface area contributed by atoms with Gasteiger partial charge in [0.2, 0.25) is 0 Å². The minimum Gasteiger partial charge on any atom is -0.0885 e. The second kappa shape index (κ2) is 30.8. The summed E-state index contributed by atoms with van der Waals surface area (Å²) in [7, 11) is 0. The molecule has 0 saturated heterocycles. The van der Waals surface area contributed by atoms with Crippen LogP contribution in [-0.4, -0.2) is 0 Å². The van der Waals surface area contributed by atoms with Crippen LogP contribution < -0.4 is 0 Å². The van der Waals surface area contributed by atoms with Gasteiger partial charge in [-0.05, 0) is 31.6 Å². The number of allylic oxidation sites excluding steroid dienone is 2. The minimum absolute atomic E-state index is 0.958. The van der Waals surface area contributed by atoms with Gasteiger partial charge >= 0.3 is 0 Å². The van der Waals surface area contributed by atoms with E-state index in [0.717, 1.165) is 5.92 Å². The zero-order chi connectivity index (χ0) is 24.8. The molecular weight excluding hydrogens is 408 g/mol. The molecule has 0 spiro atoms. The lowest BCUT2D eigenvalue weighted by Crippen LogP contribution is -1.95. The fraction of sp³-hybridized carbons (Fsp3) is 0.941. The molecule has 0 aliphatic rings. The molecule has 0 aliphatic carbocycles. The van der Waals surface area contributed by atoms with Crippen molar-refractivity contribution in [2.24, 2.45) is 5.92 Å². The second-order valence-corrected chi connectivity index (χ2v) is 11.5. The maximum atomic E-state index is 2.50. The molecule has 0 rings (SSSR count). The van der Waals surface area contributed by atoms with Gasteiger partial charge < -0.3 is 0 Å². The van der Waals surface area contributed by atoms with Crippen molar-refractivity contribution in [3.05, 3.63) is 12.2 Å². The van der Waals surface area contributed by atoms with E-state index in [2.05, 4.69) is 32.9 Å². The van der Waals surface area contributed by atoms with E-state index in [1.54, 1.807) is 0 Å². The Balaban J connectivity index is 3.18. The van der Waals surface area contributed by atoms with Crippen molar-refractivity contribution < 1.29 is 0 Å². The van der Waals surface area contributed by atoms with Crippen LogP contribution in [0.1, 0.15) is 201 Å². The van der Waals surface area contributed by atoms with E-state index in [0.29, 0.717) is 0 Å². The molecule has 0 saturated carbocycles. The topological polar surface area (TPSA) is 0 Å². The van der Waals surface area contributed by atoms with Gasteiger partial charge in [0.1, 0.15) is 0 Å². The average molecular weight is 477 g/mol. The van der Waals surface area contributed by atoms with E-state index < -0.39 is 0 Å². The predicted molar refractivity (Wildman–Crippen MR) is 159 cm³/mol. The molecule has 0 bridgehead atoms. The number of unbranched alkanes of at least 4 members (excludes halogenated alkanes) is 23. The summed E-state index contributed by atoms with van der Waals surface area (Å²) in [6.07, 6.45) is 45.3. The Morgan fingerprint density at radius 1 is 0.353 bits per heavy atom. The molecule has 0 heterocycles. The molecule has 0 fully saturated rings. The lowest BCUT2D eigenvalue weighted by Gasteiger charge is -2.11. The monoisotopic (exact) mass is 477 g/mol. The number of hydrogen-bond acceptors (Lipinski definition) is 0. The molecule has 0 aromatic heterocycles. The van der Waals surface area contributed by atoms with E-state index in [1.807, 2.05) is 0 Å². The van der Waals surface area contributed by atoms with Gasteiger partial charge in [-0.15, -0.1) is 0 Å². The van der Waals surface area contributed by atoms with E-state index in [1.165, 1.54) is 180 Å². The van der Waals surface area contributed by atoms with Gasteiger partial charge in [0.15, 0.2) is 0 Å². The van der Waals surface area contributed by atoms with Crippen molar-refractivity contribution in [2.45, 2.75) is 201 Å². The molecule has 1 unspecified atom stereocenters. The molecule has 0 aromatic rings. The molecule has 0 aliphatic heterocycles. The highest BCUT2D eigenvalue weighted by Crippen LogP contribution is 2.19. The van der Waals surface area contributed by atoms with Gasteiger partial charge in [0.05, 0.1) is 0 Å². The standard InChI is InChI=1S/C34H68/c1-4-6-8-10-12-14-16-18-19-20-21-23-25-27-29-31-33-34(3)32-30-28-26-24-22-17-15-13-11-9-7-5-2/h18-19,34H,4-17,20-33H2,1-3H3/b19-18-. The highest BCUT2D eigenvalue weighted by molar-refractivity contribution is 4.81. The lowest BCUT2D eigenvalue weighted by molar-refractivity contribution is 0.430. The Kier molecular flexibility index (Phi) is 30.5. The van der Waals surface area contributed by atoms with Crippen LogP contribution in [0, 0.1) is 5.92 Å². The molecule has 0 aromatic carbocycles. The number of rotatable bonds is 29. The zero-order valence-electron chi connectivity index (χ0n) is 24.5. The van der Waals surface area contributed by atoms with Gasteiger partial charge in [-0.3, -0.25) is 0 Å². The minimum atomic E-state index is 0.958. The predicted octanol–water partition coefficient (Wildman–Crippen LogP) is 13.1. The normalized spacial score (nSPS) is 12.7. The summed E-state index contributed by atoms with van der Waals surface area (Å²) in [5, 5.41) is 0. The molecule has 34 heavy (non-hydrogen) atoms. The fourth-order valence-corrected chi connectivity index (χ4v) is 5.22. The van der Waals surface area contributed by atoms with Gasteiger partial charge in [-0.2, -0.15) is 0 Å². The largest absolute Gasteiger partial charge is 0.0885 e. The molecule has 1 atom stereocenters. The molecule has 0 radical (unpaired) electrons. The zero-order valence-corrected chi connectivity index (χ0v) is 24.5. The first-order chi connectivity index (χ1) is 16.8. The molecule has 0 N–H and O–H groups in total. The molecule has 0 amide bonds. The van der Waals surface area contributed by atoms with Crippen molar-refractivity contribution in [3.63, 3.8) is 0 Å². The van der Waals surface area contributed by atoms with Crippen molar-refractivity contribution >= 4 is 0 Å². The first-order valence-electron chi connectivity index (χ1n) is 16.5. The van der Waals surface area contributed by atoms with Gasteiger partial charge in [-0.1, -0.05) is 187 Å². The Bertz CT molecular complexity index is 368. The third-order valence-electron chi connectivity index (χ3n) is 7.76. The maximum absolute atomic E-state index is 2.50. The van der Waals surface area contributed by atoms with Crippen LogP contribution >= 0.6 is 0 Å². The van der Waals surface area contributed by atoms with E-state index in [4.69, 9.17) is 0 Å². The summed E-state index contributed by atoms with van der Waals surface area (Å²) < 4.78 is 0. The molecule has 204 valence electrons. The molecule has 0 heteroatoms. The SMILES string of the molecule is CCCCCCCC/C=C\CCCCCCCCC(C)CCCCCCCCCCCCCC. The first-order valence-corrected chi connectivity index (χ1v) is 16.5. The Labute approximate surface area is 218 Å². The van der Waals surface area contributed by atoms with Crippen LogP contribution in [-0.2, 0) is 0 Å². The highest BCUT2D eigenvalue weighted by Gasteiger charge is 2.02. The summed E-state index contributed by atoms with van der Waals surface area (Å²) in [4.78, 5) is 0. The second-order valence-electron chi connectivity index (χ2n) is 11.5. The molecular formula is C34H68. The van der Waals surface area contributed by atoms with Crippen LogP contribution in [0.4, 0.5) is 0 Å². The quantitative estimate of drug-likeness (QED) is 0.0743. The van der Waals surface area contributed by atoms with Crippen LogP contribution in [0.25, 0.3) is 0 Å². The first kappa shape index (κ1) is 33.7. The van der Waals surface area contributed by atoms with Crippen LogP contribution in [0.5, 0.6) is 0 Å². The average Bonchev–Trinajstić information content (AvgIpc) is 2.84. The van der Waals surface area contributed by atoms with Crippen molar-refractivity contribution in [1.29, 1.82) is 0 Å². The Morgan fingerprint density at radius 2 is 0.618 bits per heavy atom. The van der Waals surface area contributed by atoms with Crippen LogP contribution in [0.15, 0.2) is 12.2 Å². The third kappa shape index (κ3) is 29.8. The third-order valence-corrected chi connectivity index (χ3v) is 7.76. The summed E-state index contributed by atoms with van der Waals surface area (Å²) in [5.74, 6) is 0.958. The van der Waals surface area contributed by atoms with E-state index in [-0.39, 0.29) is 0 Å². The van der Waals surface area contributed by atoms with E-state index in [9.17, 15) is 0 Å². The summed E-state index contributed by atoms with van der Waals surface area (Å²) in [6.45, 7) is 7.10. The number of hydrogen-bond donors (Lipinski definition) is 0. The summed E-state index contributed by atoms with van der Waals surface area (Å²) >= 11 is 0. The highest BCUT2D eigenvalue weighted by atomic mass is 14.1. The summed E-state index contributed by atoms with van der Waals surface area (Å²) in [6, 6.07) is 0. The Hall–Kier alpha value is -0.260. The van der Waals surface area contributed by atoms with Crippen molar-refractivity contribution in [1.82, 2.24) is 0 Å². The van der Waals surface area contributed by atoms with Gasteiger partial charge in [0, 0.05) is 0 Å². The van der Waals surface area contributed by atoms with Gasteiger partial charge in [0.25, 0.3) is 0 Å². The van der Waals surface area contributed by atoms with Crippen LogP contribution in [0.2, 0.25) is 0 Å². The molecule has 0 nitrogen and oxygen atoms in total. The van der Waals surface area contributed by atoms with Crippen molar-refractivity contribution in [2.75, 3.05) is 0 Å². The van der Waals surface area contributed by atoms with Gasteiger partial charge in [-0.25, -0.2) is 0 Å². The lowest BCUT2D eigenvalue weighted by atomic mass is 9.95. The smallest absolute Gasteiger partial charge is 0.0351 e. The fourth-order valence-electron chi connectivity index (χ4n) is 5.22. The van der Waals surface area contributed by atoms with E-state index >= 15 is 0 Å². The Morgan fingerprint density at radius 3 is 0.941 bits per heavy atom. The summed E-state index contributed by atoms with van der Waals surface area (Å²) in [5.41, 5.74) is 0. The van der Waals surface area contributed by atoms with Crippen molar-refractivity contribution in [3.8, 4) is 0 Å². The maximum Gasteiger partial charge on any atom is -0.0351 e. The van der Waals surface area contributed by atoms with Crippen LogP contribution in [0.3, 0.4) is 0 Å².